The van der Waals surface area contributed by atoms with E-state index in [1.165, 1.54) is 0 Å². The first-order chi connectivity index (χ1) is 9.22. The molecule has 0 atom stereocenters. The minimum Gasteiger partial charge on any atom is -0.398 e. The van der Waals surface area contributed by atoms with Gasteiger partial charge in [-0.1, -0.05) is 18.2 Å². The van der Waals surface area contributed by atoms with Gasteiger partial charge in [0.1, 0.15) is 5.82 Å². The smallest absolute Gasteiger partial charge is 0.135 e. The summed E-state index contributed by atoms with van der Waals surface area (Å²) in [5.41, 5.74) is 8.61. The summed E-state index contributed by atoms with van der Waals surface area (Å²) in [6.45, 7) is 2.52. The first kappa shape index (κ1) is 12.9. The lowest BCUT2D eigenvalue weighted by molar-refractivity contribution is 0.926. The zero-order valence-electron chi connectivity index (χ0n) is 10.9. The van der Waals surface area contributed by atoms with Crippen molar-refractivity contribution in [1.29, 1.82) is 5.26 Å². The highest BCUT2D eigenvalue weighted by molar-refractivity contribution is 5.64. The summed E-state index contributed by atoms with van der Waals surface area (Å²) in [6.07, 6.45) is 2.19. The van der Waals surface area contributed by atoms with E-state index < -0.39 is 0 Å². The van der Waals surface area contributed by atoms with Crippen LogP contribution < -0.4 is 10.6 Å². The van der Waals surface area contributed by atoms with Crippen molar-refractivity contribution in [3.05, 3.63) is 48.2 Å². The molecule has 0 amide bonds. The average Bonchev–Trinajstić information content (AvgIpc) is 2.44. The number of nitrogen functional groups attached to an aromatic ring is 1. The predicted molar refractivity (Wildman–Crippen MR) is 77.1 cm³/mol. The van der Waals surface area contributed by atoms with Crippen LogP contribution in [-0.2, 0) is 0 Å². The van der Waals surface area contributed by atoms with Gasteiger partial charge in [0.15, 0.2) is 0 Å². The first-order valence-electron chi connectivity index (χ1n) is 6.14. The molecule has 1 heterocycles. The number of nitrogens with two attached hydrogens (primary N) is 1. The molecule has 0 bridgehead atoms. The summed E-state index contributed by atoms with van der Waals surface area (Å²) in [7, 11) is 0. The van der Waals surface area contributed by atoms with Crippen LogP contribution in [0.25, 0.3) is 0 Å². The van der Waals surface area contributed by atoms with Gasteiger partial charge in [0.2, 0.25) is 0 Å². The molecular weight excluding hydrogens is 236 g/mol. The van der Waals surface area contributed by atoms with E-state index in [9.17, 15) is 0 Å². The SMILES string of the molecule is Cc1cnc(N(CCC#N)c2ccccc2)cc1N. The van der Waals surface area contributed by atoms with Gasteiger partial charge in [-0.15, -0.1) is 0 Å². The third-order valence-corrected chi connectivity index (χ3v) is 2.92. The molecule has 2 rings (SSSR count). The third kappa shape index (κ3) is 3.02. The maximum absolute atomic E-state index is 8.79. The number of anilines is 3. The van der Waals surface area contributed by atoms with Crippen LogP contribution in [0.15, 0.2) is 42.6 Å². The number of rotatable bonds is 4. The van der Waals surface area contributed by atoms with Crippen LogP contribution in [0, 0.1) is 18.3 Å². The molecule has 0 spiro atoms. The van der Waals surface area contributed by atoms with Gasteiger partial charge in [-0.05, 0) is 24.6 Å². The van der Waals surface area contributed by atoms with Crippen LogP contribution in [-0.4, -0.2) is 11.5 Å². The number of aromatic nitrogens is 1. The van der Waals surface area contributed by atoms with Crippen molar-refractivity contribution in [2.24, 2.45) is 0 Å². The molecule has 1 aromatic carbocycles. The predicted octanol–water partition coefficient (Wildman–Crippen LogP) is 3.02. The molecule has 2 N–H and O–H groups in total. The van der Waals surface area contributed by atoms with Gasteiger partial charge >= 0.3 is 0 Å². The number of benzene rings is 1. The van der Waals surface area contributed by atoms with Gasteiger partial charge in [0.05, 0.1) is 12.5 Å². The molecule has 0 fully saturated rings. The van der Waals surface area contributed by atoms with Gasteiger partial charge in [-0.25, -0.2) is 4.98 Å². The van der Waals surface area contributed by atoms with Crippen LogP contribution in [0.2, 0.25) is 0 Å². The minimum absolute atomic E-state index is 0.435. The molecule has 0 saturated heterocycles. The number of para-hydroxylation sites is 1. The Morgan fingerprint density at radius 2 is 2.05 bits per heavy atom. The minimum atomic E-state index is 0.435. The average molecular weight is 252 g/mol. The number of hydrogen-bond acceptors (Lipinski definition) is 4. The molecular formula is C15H16N4. The summed E-state index contributed by atoms with van der Waals surface area (Å²) in [6, 6.07) is 13.9. The quantitative estimate of drug-likeness (QED) is 0.908. The van der Waals surface area contributed by atoms with Gasteiger partial charge in [-0.2, -0.15) is 5.26 Å². The Kier molecular flexibility index (Phi) is 3.99. The molecule has 19 heavy (non-hydrogen) atoms. The molecule has 0 saturated carbocycles. The van der Waals surface area contributed by atoms with Gasteiger partial charge < -0.3 is 10.6 Å². The highest BCUT2D eigenvalue weighted by Crippen LogP contribution is 2.25. The first-order valence-corrected chi connectivity index (χ1v) is 6.14. The monoisotopic (exact) mass is 252 g/mol. The van der Waals surface area contributed by atoms with Crippen molar-refractivity contribution in [1.82, 2.24) is 4.98 Å². The molecule has 0 aliphatic carbocycles. The van der Waals surface area contributed by atoms with Crippen LogP contribution in [0.5, 0.6) is 0 Å². The molecule has 2 aromatic rings. The van der Waals surface area contributed by atoms with Gasteiger partial charge in [0.25, 0.3) is 0 Å². The summed E-state index contributed by atoms with van der Waals surface area (Å²) < 4.78 is 0. The molecule has 4 nitrogen and oxygen atoms in total. The van der Waals surface area contributed by atoms with E-state index in [0.717, 1.165) is 17.1 Å². The molecule has 4 heteroatoms. The van der Waals surface area contributed by atoms with E-state index in [0.29, 0.717) is 18.7 Å². The topological polar surface area (TPSA) is 65.9 Å². The second-order valence-corrected chi connectivity index (χ2v) is 4.29. The zero-order valence-corrected chi connectivity index (χ0v) is 10.9. The molecule has 0 unspecified atom stereocenters. The van der Waals surface area contributed by atoms with Crippen molar-refractivity contribution in [3.8, 4) is 6.07 Å². The largest absolute Gasteiger partial charge is 0.398 e. The normalized spacial score (nSPS) is 9.89. The summed E-state index contributed by atoms with van der Waals surface area (Å²) >= 11 is 0. The lowest BCUT2D eigenvalue weighted by atomic mass is 10.2. The van der Waals surface area contributed by atoms with Crippen molar-refractivity contribution in [2.75, 3.05) is 17.2 Å². The van der Waals surface area contributed by atoms with Crippen molar-refractivity contribution >= 4 is 17.2 Å². The lowest BCUT2D eigenvalue weighted by Gasteiger charge is -2.23. The van der Waals surface area contributed by atoms with E-state index in [2.05, 4.69) is 11.1 Å². The highest BCUT2D eigenvalue weighted by Gasteiger charge is 2.11. The third-order valence-electron chi connectivity index (χ3n) is 2.92. The van der Waals surface area contributed by atoms with Crippen LogP contribution in [0.1, 0.15) is 12.0 Å². The number of aryl methyl sites for hydroxylation is 1. The molecule has 0 aliphatic heterocycles. The fourth-order valence-corrected chi connectivity index (χ4v) is 1.82. The fraction of sp³-hybridized carbons (Fsp3) is 0.200. The molecule has 96 valence electrons. The molecule has 1 aromatic heterocycles. The maximum Gasteiger partial charge on any atom is 0.135 e. The van der Waals surface area contributed by atoms with Crippen LogP contribution in [0.4, 0.5) is 17.2 Å². The van der Waals surface area contributed by atoms with Crippen LogP contribution >= 0.6 is 0 Å². The zero-order chi connectivity index (χ0) is 13.7. The molecule has 0 aliphatic rings. The summed E-state index contributed by atoms with van der Waals surface area (Å²) in [5.74, 6) is 0.768. The Balaban J connectivity index is 2.37. The Labute approximate surface area is 113 Å². The van der Waals surface area contributed by atoms with Gasteiger partial charge in [0, 0.05) is 30.2 Å². The van der Waals surface area contributed by atoms with Crippen molar-refractivity contribution in [2.45, 2.75) is 13.3 Å². The highest BCUT2D eigenvalue weighted by atomic mass is 15.2. The summed E-state index contributed by atoms with van der Waals surface area (Å²) in [4.78, 5) is 6.40. The van der Waals surface area contributed by atoms with E-state index >= 15 is 0 Å². The van der Waals surface area contributed by atoms with Crippen molar-refractivity contribution < 1.29 is 0 Å². The number of nitriles is 1. The van der Waals surface area contributed by atoms with E-state index in [4.69, 9.17) is 11.0 Å². The Morgan fingerprint density at radius 3 is 2.68 bits per heavy atom. The van der Waals surface area contributed by atoms with E-state index in [1.54, 1.807) is 6.20 Å². The Bertz CT molecular complexity index is 587. The van der Waals surface area contributed by atoms with E-state index in [-0.39, 0.29) is 0 Å². The van der Waals surface area contributed by atoms with Gasteiger partial charge in [-0.3, -0.25) is 0 Å². The fourth-order valence-electron chi connectivity index (χ4n) is 1.82. The maximum atomic E-state index is 8.79. The number of nitrogens with zero attached hydrogens (tertiary/aromatic N) is 3. The Morgan fingerprint density at radius 1 is 1.32 bits per heavy atom. The molecule has 0 radical (unpaired) electrons. The standard InChI is InChI=1S/C15H16N4/c1-12-11-18-15(10-14(12)17)19(9-5-8-16)13-6-3-2-4-7-13/h2-4,6-7,10-11H,5,9H2,1H3,(H2,17,18). The number of hydrogen-bond donors (Lipinski definition) is 1. The second kappa shape index (κ2) is 5.87. The van der Waals surface area contributed by atoms with Crippen molar-refractivity contribution in [3.63, 3.8) is 0 Å². The second-order valence-electron chi connectivity index (χ2n) is 4.29. The lowest BCUT2D eigenvalue weighted by Crippen LogP contribution is -2.19. The van der Waals surface area contributed by atoms with Crippen LogP contribution in [0.3, 0.4) is 0 Å². The Hall–Kier alpha value is -2.54. The summed E-state index contributed by atoms with van der Waals surface area (Å²) in [5, 5.41) is 8.79. The van der Waals surface area contributed by atoms with E-state index in [1.807, 2.05) is 48.2 Å². The number of pyridine rings is 1.